The summed E-state index contributed by atoms with van der Waals surface area (Å²) in [7, 11) is 1.42. The molecular weight excluding hydrogens is 586 g/mol. The molecule has 0 bridgehead atoms. The average Bonchev–Trinajstić information content (AvgIpc) is 3.44. The van der Waals surface area contributed by atoms with E-state index >= 15 is 0 Å². The molecule has 0 radical (unpaired) electrons. The van der Waals surface area contributed by atoms with Crippen molar-refractivity contribution >= 4 is 17.5 Å². The van der Waals surface area contributed by atoms with Crippen LogP contribution in [0.25, 0.3) is 22.3 Å². The smallest absolute Gasteiger partial charge is 0.416 e. The van der Waals surface area contributed by atoms with E-state index in [0.29, 0.717) is 23.4 Å². The molecule has 0 saturated heterocycles. The molecule has 0 aliphatic rings. The summed E-state index contributed by atoms with van der Waals surface area (Å²) in [6.45, 7) is 1.66. The molecule has 4 aromatic carbocycles. The van der Waals surface area contributed by atoms with Crippen LogP contribution >= 0.6 is 11.6 Å². The van der Waals surface area contributed by atoms with E-state index in [4.69, 9.17) is 20.9 Å². The normalized spacial score (nSPS) is 12.2. The minimum absolute atomic E-state index is 0.0222. The first-order valence-electron chi connectivity index (χ1n) is 13.0. The van der Waals surface area contributed by atoms with E-state index in [1.54, 1.807) is 37.3 Å². The Labute approximate surface area is 249 Å². The van der Waals surface area contributed by atoms with E-state index < -0.39 is 29.5 Å². The van der Waals surface area contributed by atoms with Crippen LogP contribution < -0.4 is 10.1 Å². The van der Waals surface area contributed by atoms with Gasteiger partial charge in [-0.3, -0.25) is 4.79 Å². The fourth-order valence-corrected chi connectivity index (χ4v) is 4.73. The average molecular weight is 610 g/mol. The van der Waals surface area contributed by atoms with Gasteiger partial charge in [-0.1, -0.05) is 65.3 Å². The van der Waals surface area contributed by atoms with Crippen LogP contribution in [0.2, 0.25) is 5.02 Å². The van der Waals surface area contributed by atoms with Gasteiger partial charge in [0, 0.05) is 6.42 Å². The van der Waals surface area contributed by atoms with Gasteiger partial charge < -0.3 is 14.6 Å². The summed E-state index contributed by atoms with van der Waals surface area (Å²) in [4.78, 5) is 17.9. The number of benzene rings is 4. The quantitative estimate of drug-likeness (QED) is 0.179. The van der Waals surface area contributed by atoms with Crippen LogP contribution in [0, 0.1) is 12.7 Å². The Kier molecular flexibility index (Phi) is 8.50. The van der Waals surface area contributed by atoms with Gasteiger partial charge in [0.2, 0.25) is 5.89 Å². The Balaban J connectivity index is 1.40. The van der Waals surface area contributed by atoms with Gasteiger partial charge in [0.25, 0.3) is 5.91 Å². The van der Waals surface area contributed by atoms with Crippen molar-refractivity contribution in [3.8, 4) is 28.0 Å². The van der Waals surface area contributed by atoms with Crippen LogP contribution in [0.4, 0.5) is 17.6 Å². The van der Waals surface area contributed by atoms with Crippen LogP contribution in [0.15, 0.2) is 89.5 Å². The maximum Gasteiger partial charge on any atom is 0.416 e. The monoisotopic (exact) mass is 609 g/mol. The second-order valence-corrected chi connectivity index (χ2v) is 10.1. The number of alkyl halides is 3. The lowest BCUT2D eigenvalue weighted by Crippen LogP contribution is -2.30. The molecule has 5 aromatic rings. The molecule has 1 amide bonds. The van der Waals surface area contributed by atoms with Crippen LogP contribution in [0.5, 0.6) is 5.75 Å². The molecule has 5 rings (SSSR count). The molecule has 43 heavy (non-hydrogen) atoms. The Morgan fingerprint density at radius 3 is 2.12 bits per heavy atom. The zero-order valence-electron chi connectivity index (χ0n) is 22.9. The number of nitrogens with one attached hydrogen (secondary N) is 1. The lowest BCUT2D eigenvalue weighted by atomic mass is 9.99. The summed E-state index contributed by atoms with van der Waals surface area (Å²) in [5, 5.41) is 6.81. The second kappa shape index (κ2) is 12.3. The zero-order chi connectivity index (χ0) is 30.7. The maximum absolute atomic E-state index is 13.6. The number of halogens is 5. The number of carbonyl (C=O) groups is 1. The van der Waals surface area contributed by atoms with E-state index in [1.807, 2.05) is 24.3 Å². The Morgan fingerprint density at radius 2 is 1.53 bits per heavy atom. The maximum atomic E-state index is 13.6. The third kappa shape index (κ3) is 6.86. The molecule has 0 aliphatic carbocycles. The standard InChI is InChI=1S/C32H24ClF4N3O3/c1-18-38-31(43-40-18)28(15-19-3-5-20(6-4-19)23-9-13-27(34)26(33)17-23)39-30(41)25-16-22(10-14-29(25)42-2)21-7-11-24(12-8-21)32(35,36)37/h3-14,16-17,28H,15H2,1-2H3,(H,39,41)/t28-/m1/s1. The van der Waals surface area contributed by atoms with Crippen molar-refractivity contribution < 1.29 is 31.6 Å². The summed E-state index contributed by atoms with van der Waals surface area (Å²) in [5.41, 5.74) is 2.83. The predicted octanol–water partition coefficient (Wildman–Crippen LogP) is 8.25. The number of aromatic nitrogens is 2. The molecule has 1 aromatic heterocycles. The molecule has 1 N–H and O–H groups in total. The van der Waals surface area contributed by atoms with Crippen molar-refractivity contribution in [3.63, 3.8) is 0 Å². The van der Waals surface area contributed by atoms with E-state index in [2.05, 4.69) is 15.5 Å². The molecule has 1 atom stereocenters. The lowest BCUT2D eigenvalue weighted by Gasteiger charge is -2.17. The number of amides is 1. The van der Waals surface area contributed by atoms with E-state index in [-0.39, 0.29) is 22.2 Å². The fraction of sp³-hybridized carbons (Fsp3) is 0.156. The molecule has 0 spiro atoms. The number of hydrogen-bond donors (Lipinski definition) is 1. The number of hydrogen-bond acceptors (Lipinski definition) is 5. The topological polar surface area (TPSA) is 77.2 Å². The first-order valence-corrected chi connectivity index (χ1v) is 13.4. The van der Waals surface area contributed by atoms with Crippen molar-refractivity contribution in [2.24, 2.45) is 0 Å². The van der Waals surface area contributed by atoms with Gasteiger partial charge >= 0.3 is 6.18 Å². The van der Waals surface area contributed by atoms with Gasteiger partial charge in [-0.05, 0) is 71.1 Å². The summed E-state index contributed by atoms with van der Waals surface area (Å²) in [5.74, 6) is -0.158. The summed E-state index contributed by atoms with van der Waals surface area (Å²) in [6.07, 6.45) is -4.17. The van der Waals surface area contributed by atoms with Crippen molar-refractivity contribution in [3.05, 3.63) is 124 Å². The largest absolute Gasteiger partial charge is 0.496 e. The van der Waals surface area contributed by atoms with Crippen molar-refractivity contribution in [2.45, 2.75) is 25.6 Å². The van der Waals surface area contributed by atoms with Gasteiger partial charge in [0.05, 0.1) is 23.3 Å². The summed E-state index contributed by atoms with van der Waals surface area (Å²) >= 11 is 5.93. The van der Waals surface area contributed by atoms with Gasteiger partial charge in [-0.15, -0.1) is 0 Å². The molecule has 0 saturated carbocycles. The van der Waals surface area contributed by atoms with Crippen molar-refractivity contribution in [2.75, 3.05) is 7.11 Å². The molecule has 1 heterocycles. The minimum Gasteiger partial charge on any atom is -0.496 e. The number of nitrogens with zero attached hydrogens (tertiary/aromatic N) is 2. The zero-order valence-corrected chi connectivity index (χ0v) is 23.6. The molecular formula is C32H24ClF4N3O3. The Hall–Kier alpha value is -4.70. The second-order valence-electron chi connectivity index (χ2n) is 9.73. The highest BCUT2D eigenvalue weighted by Crippen LogP contribution is 2.33. The lowest BCUT2D eigenvalue weighted by molar-refractivity contribution is -0.137. The highest BCUT2D eigenvalue weighted by molar-refractivity contribution is 6.31. The number of rotatable bonds is 8. The van der Waals surface area contributed by atoms with Crippen molar-refractivity contribution in [1.82, 2.24) is 15.5 Å². The summed E-state index contributed by atoms with van der Waals surface area (Å²) < 4.78 is 63.5. The first kappa shape index (κ1) is 29.8. The number of methoxy groups -OCH3 is 1. The Morgan fingerprint density at radius 1 is 0.930 bits per heavy atom. The number of aryl methyl sites for hydroxylation is 1. The SMILES string of the molecule is COc1ccc(-c2ccc(C(F)(F)F)cc2)cc1C(=O)N[C@H](Cc1ccc(-c2ccc(F)c(Cl)c2)cc1)c1nc(C)no1. The van der Waals surface area contributed by atoms with Gasteiger partial charge in [-0.2, -0.15) is 18.2 Å². The molecule has 220 valence electrons. The van der Waals surface area contributed by atoms with E-state index in [1.165, 1.54) is 25.3 Å². The Bertz CT molecular complexity index is 1750. The molecule has 0 unspecified atom stereocenters. The van der Waals surface area contributed by atoms with E-state index in [9.17, 15) is 22.4 Å². The number of carbonyl (C=O) groups excluding carboxylic acids is 1. The van der Waals surface area contributed by atoms with Gasteiger partial charge in [-0.25, -0.2) is 4.39 Å². The van der Waals surface area contributed by atoms with Crippen LogP contribution in [-0.4, -0.2) is 23.2 Å². The first-order chi connectivity index (χ1) is 20.5. The van der Waals surface area contributed by atoms with Crippen LogP contribution in [0.1, 0.15) is 39.2 Å². The highest BCUT2D eigenvalue weighted by atomic mass is 35.5. The number of ether oxygens (including phenoxy) is 1. The van der Waals surface area contributed by atoms with Crippen molar-refractivity contribution in [1.29, 1.82) is 0 Å². The minimum atomic E-state index is -4.46. The molecule has 0 fully saturated rings. The predicted molar refractivity (Wildman–Crippen MR) is 153 cm³/mol. The molecule has 11 heteroatoms. The van der Waals surface area contributed by atoms with Crippen LogP contribution in [-0.2, 0) is 12.6 Å². The van der Waals surface area contributed by atoms with Crippen LogP contribution in [0.3, 0.4) is 0 Å². The third-order valence-electron chi connectivity index (χ3n) is 6.78. The van der Waals surface area contributed by atoms with E-state index in [0.717, 1.165) is 28.8 Å². The highest BCUT2D eigenvalue weighted by Gasteiger charge is 2.30. The molecule has 6 nitrogen and oxygen atoms in total. The van der Waals surface area contributed by atoms with Gasteiger partial charge in [0.1, 0.15) is 17.6 Å². The van der Waals surface area contributed by atoms with Gasteiger partial charge in [0.15, 0.2) is 5.82 Å². The third-order valence-corrected chi connectivity index (χ3v) is 7.07. The summed E-state index contributed by atoms with van der Waals surface area (Å²) in [6, 6.07) is 20.6. The fourth-order valence-electron chi connectivity index (χ4n) is 4.55. The molecule has 0 aliphatic heterocycles.